The molecular formula is C10H14ClN3O. The average molecular weight is 228 g/mol. The van der Waals surface area contributed by atoms with Crippen LogP contribution in [0.2, 0.25) is 5.02 Å². The maximum Gasteiger partial charge on any atom is 0.285 e. The van der Waals surface area contributed by atoms with Crippen LogP contribution in [0.1, 0.15) is 32.1 Å². The molecule has 82 valence electrons. The first-order valence-corrected chi connectivity index (χ1v) is 5.65. The summed E-state index contributed by atoms with van der Waals surface area (Å²) < 4.78 is 0. The van der Waals surface area contributed by atoms with Crippen LogP contribution in [0.25, 0.3) is 0 Å². The molecule has 2 N–H and O–H groups in total. The molecule has 1 saturated carbocycles. The lowest BCUT2D eigenvalue weighted by Crippen LogP contribution is -2.24. The van der Waals surface area contributed by atoms with Crippen LogP contribution >= 0.6 is 11.6 Å². The van der Waals surface area contributed by atoms with Gasteiger partial charge in [0.15, 0.2) is 0 Å². The summed E-state index contributed by atoms with van der Waals surface area (Å²) in [5, 5.41) is 9.51. The largest absolute Gasteiger partial charge is 0.380 e. The average Bonchev–Trinajstić information content (AvgIpc) is 2.26. The zero-order chi connectivity index (χ0) is 10.7. The Labute approximate surface area is 93.0 Å². The highest BCUT2D eigenvalue weighted by molar-refractivity contribution is 6.32. The molecule has 2 rings (SSSR count). The van der Waals surface area contributed by atoms with Crippen LogP contribution in [-0.2, 0) is 0 Å². The summed E-state index contributed by atoms with van der Waals surface area (Å²) in [4.78, 5) is 11.2. The number of aromatic amines is 1. The number of halogens is 1. The van der Waals surface area contributed by atoms with E-state index >= 15 is 0 Å². The molecule has 0 aliphatic heterocycles. The zero-order valence-electron chi connectivity index (χ0n) is 8.42. The summed E-state index contributed by atoms with van der Waals surface area (Å²) in [5.74, 6) is 0. The first-order chi connectivity index (χ1) is 7.27. The second-order valence-corrected chi connectivity index (χ2v) is 4.28. The quantitative estimate of drug-likeness (QED) is 0.814. The third-order valence-electron chi connectivity index (χ3n) is 2.76. The normalized spacial score (nSPS) is 17.7. The first-order valence-electron chi connectivity index (χ1n) is 5.27. The van der Waals surface area contributed by atoms with E-state index < -0.39 is 0 Å². The number of hydrogen-bond acceptors (Lipinski definition) is 3. The Morgan fingerprint density at radius 1 is 1.40 bits per heavy atom. The summed E-state index contributed by atoms with van der Waals surface area (Å²) in [6.07, 6.45) is 7.64. The molecule has 0 spiro atoms. The van der Waals surface area contributed by atoms with Crippen molar-refractivity contribution in [3.8, 4) is 0 Å². The minimum atomic E-state index is -0.336. The highest BCUT2D eigenvalue weighted by Crippen LogP contribution is 2.23. The smallest absolute Gasteiger partial charge is 0.285 e. The molecule has 1 aliphatic rings. The van der Waals surface area contributed by atoms with Gasteiger partial charge in [-0.3, -0.25) is 4.79 Å². The van der Waals surface area contributed by atoms with Crippen LogP contribution < -0.4 is 10.9 Å². The lowest BCUT2D eigenvalue weighted by Gasteiger charge is -2.23. The number of rotatable bonds is 2. The minimum absolute atomic E-state index is 0.204. The Morgan fingerprint density at radius 2 is 2.13 bits per heavy atom. The van der Waals surface area contributed by atoms with Crippen molar-refractivity contribution in [3.05, 3.63) is 21.6 Å². The van der Waals surface area contributed by atoms with Gasteiger partial charge >= 0.3 is 0 Å². The molecule has 5 heteroatoms. The lowest BCUT2D eigenvalue weighted by atomic mass is 9.95. The molecule has 1 aromatic heterocycles. The number of nitrogens with one attached hydrogen (secondary N) is 2. The molecule has 1 fully saturated rings. The van der Waals surface area contributed by atoms with Crippen molar-refractivity contribution >= 4 is 17.3 Å². The number of hydrogen-bond donors (Lipinski definition) is 2. The number of aromatic nitrogens is 2. The van der Waals surface area contributed by atoms with Gasteiger partial charge in [-0.25, -0.2) is 5.10 Å². The van der Waals surface area contributed by atoms with Crippen molar-refractivity contribution in [2.24, 2.45) is 0 Å². The molecule has 15 heavy (non-hydrogen) atoms. The van der Waals surface area contributed by atoms with Crippen molar-refractivity contribution in [1.82, 2.24) is 10.2 Å². The van der Waals surface area contributed by atoms with Crippen LogP contribution in [0.15, 0.2) is 11.0 Å². The summed E-state index contributed by atoms with van der Waals surface area (Å²) in [5.41, 5.74) is 0.310. The van der Waals surface area contributed by atoms with E-state index in [9.17, 15) is 4.79 Å². The van der Waals surface area contributed by atoms with Gasteiger partial charge in [0.2, 0.25) is 0 Å². The third kappa shape index (κ3) is 2.50. The van der Waals surface area contributed by atoms with E-state index in [2.05, 4.69) is 15.5 Å². The molecule has 0 saturated heterocycles. The van der Waals surface area contributed by atoms with Crippen LogP contribution in [-0.4, -0.2) is 16.2 Å². The van der Waals surface area contributed by atoms with Gasteiger partial charge in [0.25, 0.3) is 5.56 Å². The van der Waals surface area contributed by atoms with Gasteiger partial charge in [0, 0.05) is 6.04 Å². The Balaban J connectivity index is 2.09. The maximum atomic E-state index is 11.2. The van der Waals surface area contributed by atoms with Gasteiger partial charge in [0.1, 0.15) is 5.02 Å². The lowest BCUT2D eigenvalue weighted by molar-refractivity contribution is 0.462. The molecule has 1 heterocycles. The highest BCUT2D eigenvalue weighted by Gasteiger charge is 2.15. The van der Waals surface area contributed by atoms with E-state index in [0.717, 1.165) is 12.8 Å². The fourth-order valence-electron chi connectivity index (χ4n) is 1.95. The molecular weight excluding hydrogens is 214 g/mol. The predicted molar refractivity (Wildman–Crippen MR) is 60.4 cm³/mol. The van der Waals surface area contributed by atoms with E-state index in [1.54, 1.807) is 6.20 Å². The molecule has 0 amide bonds. The summed E-state index contributed by atoms with van der Waals surface area (Å²) >= 11 is 5.87. The van der Waals surface area contributed by atoms with Crippen molar-refractivity contribution in [2.45, 2.75) is 38.1 Å². The van der Waals surface area contributed by atoms with Crippen molar-refractivity contribution < 1.29 is 0 Å². The monoisotopic (exact) mass is 227 g/mol. The van der Waals surface area contributed by atoms with E-state index in [4.69, 9.17) is 11.6 Å². The molecule has 0 atom stereocenters. The van der Waals surface area contributed by atoms with Crippen LogP contribution in [0, 0.1) is 0 Å². The van der Waals surface area contributed by atoms with Crippen molar-refractivity contribution in [1.29, 1.82) is 0 Å². The van der Waals surface area contributed by atoms with E-state index in [0.29, 0.717) is 11.7 Å². The standard InChI is InChI=1S/C10H14ClN3O/c11-9-8(6-12-14-10(9)15)13-7-4-2-1-3-5-7/h6-7H,1-5H2,(H2,13,14,15). The Hall–Kier alpha value is -1.03. The van der Waals surface area contributed by atoms with E-state index in [1.165, 1.54) is 19.3 Å². The molecule has 1 aromatic rings. The molecule has 4 nitrogen and oxygen atoms in total. The molecule has 1 aliphatic carbocycles. The molecule has 0 aromatic carbocycles. The van der Waals surface area contributed by atoms with Gasteiger partial charge in [0.05, 0.1) is 11.9 Å². The summed E-state index contributed by atoms with van der Waals surface area (Å²) in [6.45, 7) is 0. The van der Waals surface area contributed by atoms with Gasteiger partial charge in [-0.1, -0.05) is 30.9 Å². The fourth-order valence-corrected chi connectivity index (χ4v) is 2.10. The third-order valence-corrected chi connectivity index (χ3v) is 3.14. The van der Waals surface area contributed by atoms with Gasteiger partial charge < -0.3 is 5.32 Å². The summed E-state index contributed by atoms with van der Waals surface area (Å²) in [6, 6.07) is 0.430. The topological polar surface area (TPSA) is 57.8 Å². The molecule has 0 unspecified atom stereocenters. The Bertz CT molecular complexity index is 384. The molecule has 0 radical (unpaired) electrons. The van der Waals surface area contributed by atoms with E-state index in [-0.39, 0.29) is 10.6 Å². The fraction of sp³-hybridized carbons (Fsp3) is 0.600. The minimum Gasteiger partial charge on any atom is -0.380 e. The zero-order valence-corrected chi connectivity index (χ0v) is 9.18. The first kappa shape index (κ1) is 10.5. The maximum absolute atomic E-state index is 11.2. The second kappa shape index (κ2) is 4.66. The highest BCUT2D eigenvalue weighted by atomic mass is 35.5. The van der Waals surface area contributed by atoms with E-state index in [1.807, 2.05) is 0 Å². The SMILES string of the molecule is O=c1[nH]ncc(NC2CCCCC2)c1Cl. The van der Waals surface area contributed by atoms with Crippen LogP contribution in [0.5, 0.6) is 0 Å². The Morgan fingerprint density at radius 3 is 2.87 bits per heavy atom. The second-order valence-electron chi connectivity index (χ2n) is 3.91. The predicted octanol–water partition coefficient (Wildman–Crippen LogP) is 2.17. The number of anilines is 1. The van der Waals surface area contributed by atoms with Crippen molar-refractivity contribution in [3.63, 3.8) is 0 Å². The van der Waals surface area contributed by atoms with Gasteiger partial charge in [-0.2, -0.15) is 5.10 Å². The number of nitrogens with zero attached hydrogens (tertiary/aromatic N) is 1. The number of H-pyrrole nitrogens is 1. The van der Waals surface area contributed by atoms with Crippen LogP contribution in [0.3, 0.4) is 0 Å². The Kier molecular flexibility index (Phi) is 3.26. The summed E-state index contributed by atoms with van der Waals surface area (Å²) in [7, 11) is 0. The molecule has 0 bridgehead atoms. The van der Waals surface area contributed by atoms with Gasteiger partial charge in [-0.15, -0.1) is 0 Å². The van der Waals surface area contributed by atoms with Gasteiger partial charge in [-0.05, 0) is 12.8 Å². The van der Waals surface area contributed by atoms with Crippen molar-refractivity contribution in [2.75, 3.05) is 5.32 Å². The van der Waals surface area contributed by atoms with Crippen LogP contribution in [0.4, 0.5) is 5.69 Å².